The molecule has 5 heteroatoms. The molecule has 0 heterocycles. The topological polar surface area (TPSA) is 64.3 Å². The van der Waals surface area contributed by atoms with Crippen molar-refractivity contribution in [3.05, 3.63) is 29.8 Å². The number of carbonyl (C=O) groups is 1. The van der Waals surface area contributed by atoms with E-state index < -0.39 is 0 Å². The summed E-state index contributed by atoms with van der Waals surface area (Å²) < 4.78 is 5.43. The molecule has 0 aliphatic carbocycles. The maximum Gasteiger partial charge on any atom is 0.258 e. The number of thiocarbonyl (C=S) groups is 1. The SMILES string of the molecule is CCCCCC(C)NC(=O)COc1ccc(C(N)=S)cc1. The molecule has 116 valence electrons. The van der Waals surface area contributed by atoms with E-state index in [0.717, 1.165) is 18.4 Å². The Balaban J connectivity index is 2.30. The van der Waals surface area contributed by atoms with Crippen LogP contribution in [0.5, 0.6) is 5.75 Å². The van der Waals surface area contributed by atoms with Crippen LogP contribution in [-0.2, 0) is 4.79 Å². The van der Waals surface area contributed by atoms with Gasteiger partial charge >= 0.3 is 0 Å². The van der Waals surface area contributed by atoms with E-state index in [4.69, 9.17) is 22.7 Å². The highest BCUT2D eigenvalue weighted by Gasteiger charge is 2.08. The lowest BCUT2D eigenvalue weighted by Gasteiger charge is -2.14. The molecule has 0 fully saturated rings. The molecule has 0 aliphatic heterocycles. The largest absolute Gasteiger partial charge is 0.484 e. The van der Waals surface area contributed by atoms with Crippen molar-refractivity contribution in [1.29, 1.82) is 0 Å². The van der Waals surface area contributed by atoms with Gasteiger partial charge in [-0.2, -0.15) is 0 Å². The summed E-state index contributed by atoms with van der Waals surface area (Å²) in [6.45, 7) is 4.20. The van der Waals surface area contributed by atoms with Crippen LogP contribution < -0.4 is 15.8 Å². The zero-order chi connectivity index (χ0) is 15.7. The molecule has 0 aromatic heterocycles. The first-order valence-corrected chi connectivity index (χ1v) is 7.75. The molecule has 1 amide bonds. The molecule has 0 radical (unpaired) electrons. The van der Waals surface area contributed by atoms with Gasteiger partial charge in [0.05, 0.1) is 0 Å². The van der Waals surface area contributed by atoms with E-state index in [2.05, 4.69) is 12.2 Å². The standard InChI is InChI=1S/C16H24N2O2S/c1-3-4-5-6-12(2)18-15(19)11-20-14-9-7-13(8-10-14)16(17)21/h7-10,12H,3-6,11H2,1-2H3,(H2,17,21)(H,18,19). The summed E-state index contributed by atoms with van der Waals surface area (Å²) in [5.41, 5.74) is 6.30. The molecule has 3 N–H and O–H groups in total. The summed E-state index contributed by atoms with van der Waals surface area (Å²) in [5, 5.41) is 2.93. The van der Waals surface area contributed by atoms with Crippen molar-refractivity contribution < 1.29 is 9.53 Å². The quantitative estimate of drug-likeness (QED) is 0.544. The lowest BCUT2D eigenvalue weighted by atomic mass is 10.1. The van der Waals surface area contributed by atoms with Crippen molar-refractivity contribution in [2.24, 2.45) is 5.73 Å². The molecule has 4 nitrogen and oxygen atoms in total. The third kappa shape index (κ3) is 7.09. The Hall–Kier alpha value is -1.62. The van der Waals surface area contributed by atoms with Gasteiger partial charge in [-0.3, -0.25) is 4.79 Å². The molecule has 0 saturated heterocycles. The highest BCUT2D eigenvalue weighted by Crippen LogP contribution is 2.12. The monoisotopic (exact) mass is 308 g/mol. The average Bonchev–Trinajstić information content (AvgIpc) is 2.46. The predicted octanol–water partition coefficient (Wildman–Crippen LogP) is 2.78. The van der Waals surface area contributed by atoms with E-state index in [9.17, 15) is 4.79 Å². The molecule has 0 aliphatic rings. The van der Waals surface area contributed by atoms with E-state index in [1.807, 2.05) is 6.92 Å². The second-order valence-electron chi connectivity index (χ2n) is 5.14. The normalized spacial score (nSPS) is 11.7. The predicted molar refractivity (Wildman–Crippen MR) is 89.6 cm³/mol. The summed E-state index contributed by atoms with van der Waals surface area (Å²) >= 11 is 4.88. The van der Waals surface area contributed by atoms with E-state index >= 15 is 0 Å². The van der Waals surface area contributed by atoms with Crippen LogP contribution in [-0.4, -0.2) is 23.5 Å². The van der Waals surface area contributed by atoms with Crippen LogP contribution >= 0.6 is 12.2 Å². The van der Waals surface area contributed by atoms with Gasteiger partial charge in [0.25, 0.3) is 5.91 Å². The Labute approximate surface area is 132 Å². The molecule has 1 unspecified atom stereocenters. The summed E-state index contributed by atoms with van der Waals surface area (Å²) in [6, 6.07) is 7.26. The lowest BCUT2D eigenvalue weighted by Crippen LogP contribution is -2.36. The van der Waals surface area contributed by atoms with Crippen LogP contribution in [0.25, 0.3) is 0 Å². The maximum absolute atomic E-state index is 11.8. The van der Waals surface area contributed by atoms with Gasteiger partial charge in [-0.25, -0.2) is 0 Å². The first-order valence-electron chi connectivity index (χ1n) is 7.35. The molecule has 1 rings (SSSR count). The molecule has 1 aromatic carbocycles. The van der Waals surface area contributed by atoms with Crippen molar-refractivity contribution >= 4 is 23.1 Å². The van der Waals surface area contributed by atoms with Crippen molar-refractivity contribution in [2.45, 2.75) is 45.6 Å². The molecule has 21 heavy (non-hydrogen) atoms. The van der Waals surface area contributed by atoms with Crippen LogP contribution in [0.15, 0.2) is 24.3 Å². The Bertz CT molecular complexity index is 460. The van der Waals surface area contributed by atoms with Gasteiger partial charge in [-0.1, -0.05) is 38.4 Å². The van der Waals surface area contributed by atoms with Gasteiger partial charge < -0.3 is 15.8 Å². The van der Waals surface area contributed by atoms with Crippen LogP contribution in [0.2, 0.25) is 0 Å². The van der Waals surface area contributed by atoms with Gasteiger partial charge in [-0.05, 0) is 37.6 Å². The van der Waals surface area contributed by atoms with Crippen molar-refractivity contribution in [1.82, 2.24) is 5.32 Å². The zero-order valence-electron chi connectivity index (χ0n) is 12.7. The van der Waals surface area contributed by atoms with E-state index in [-0.39, 0.29) is 18.6 Å². The van der Waals surface area contributed by atoms with E-state index in [0.29, 0.717) is 10.7 Å². The van der Waals surface area contributed by atoms with Crippen LogP contribution in [0.1, 0.15) is 45.1 Å². The summed E-state index contributed by atoms with van der Waals surface area (Å²) in [5.74, 6) is 0.529. The van der Waals surface area contributed by atoms with Crippen LogP contribution in [0.4, 0.5) is 0 Å². The minimum Gasteiger partial charge on any atom is -0.484 e. The Morgan fingerprint density at radius 2 is 2.00 bits per heavy atom. The number of amides is 1. The third-order valence-electron chi connectivity index (χ3n) is 3.16. The fraction of sp³-hybridized carbons (Fsp3) is 0.500. The minimum absolute atomic E-state index is 0.0184. The number of hydrogen-bond donors (Lipinski definition) is 2. The average molecular weight is 308 g/mol. The fourth-order valence-corrected chi connectivity index (χ4v) is 2.09. The number of carbonyl (C=O) groups excluding carboxylic acids is 1. The zero-order valence-corrected chi connectivity index (χ0v) is 13.5. The number of unbranched alkanes of at least 4 members (excludes halogenated alkanes) is 2. The summed E-state index contributed by atoms with van der Waals surface area (Å²) in [4.78, 5) is 12.1. The third-order valence-corrected chi connectivity index (χ3v) is 3.39. The van der Waals surface area contributed by atoms with Gasteiger partial charge in [0.15, 0.2) is 6.61 Å². The summed E-state index contributed by atoms with van der Waals surface area (Å²) in [6.07, 6.45) is 4.53. The van der Waals surface area contributed by atoms with Gasteiger partial charge in [0.2, 0.25) is 0 Å². The van der Waals surface area contributed by atoms with Crippen molar-refractivity contribution in [3.8, 4) is 5.75 Å². The smallest absolute Gasteiger partial charge is 0.258 e. The molecule has 1 aromatic rings. The fourth-order valence-electron chi connectivity index (χ4n) is 1.95. The molecular formula is C16H24N2O2S. The van der Waals surface area contributed by atoms with Crippen LogP contribution in [0, 0.1) is 0 Å². The molecule has 0 saturated carbocycles. The maximum atomic E-state index is 11.8. The minimum atomic E-state index is -0.0996. The van der Waals surface area contributed by atoms with Crippen molar-refractivity contribution in [3.63, 3.8) is 0 Å². The number of nitrogens with one attached hydrogen (secondary N) is 1. The second-order valence-corrected chi connectivity index (χ2v) is 5.58. The number of hydrogen-bond acceptors (Lipinski definition) is 3. The lowest BCUT2D eigenvalue weighted by molar-refractivity contribution is -0.123. The summed E-state index contributed by atoms with van der Waals surface area (Å²) in [7, 11) is 0. The van der Waals surface area contributed by atoms with E-state index in [1.165, 1.54) is 12.8 Å². The Morgan fingerprint density at radius 1 is 1.33 bits per heavy atom. The molecule has 1 atom stereocenters. The highest BCUT2D eigenvalue weighted by atomic mass is 32.1. The van der Waals surface area contributed by atoms with Gasteiger partial charge in [0.1, 0.15) is 10.7 Å². The van der Waals surface area contributed by atoms with Gasteiger partial charge in [0, 0.05) is 11.6 Å². The highest BCUT2D eigenvalue weighted by molar-refractivity contribution is 7.80. The number of nitrogens with two attached hydrogens (primary N) is 1. The van der Waals surface area contributed by atoms with Crippen LogP contribution in [0.3, 0.4) is 0 Å². The molecule has 0 bridgehead atoms. The number of rotatable bonds is 9. The van der Waals surface area contributed by atoms with Gasteiger partial charge in [-0.15, -0.1) is 0 Å². The van der Waals surface area contributed by atoms with E-state index in [1.54, 1.807) is 24.3 Å². The number of ether oxygens (including phenoxy) is 1. The molecule has 0 spiro atoms. The molecular weight excluding hydrogens is 284 g/mol. The Morgan fingerprint density at radius 3 is 2.57 bits per heavy atom. The first kappa shape index (κ1) is 17.4. The number of benzene rings is 1. The van der Waals surface area contributed by atoms with Crippen molar-refractivity contribution in [2.75, 3.05) is 6.61 Å². The first-order chi connectivity index (χ1) is 10.0. The Kier molecular flexibility index (Phi) is 7.75. The second kappa shape index (κ2) is 9.34.